The number of halogens is 1. The molecule has 1 heterocycles. The number of thioether (sulfide) groups is 1. The summed E-state index contributed by atoms with van der Waals surface area (Å²) in [6.45, 7) is 1.98. The van der Waals surface area contributed by atoms with E-state index in [2.05, 4.69) is 27.4 Å². The minimum atomic E-state index is -0.329. The van der Waals surface area contributed by atoms with Crippen molar-refractivity contribution in [2.24, 2.45) is 0 Å². The van der Waals surface area contributed by atoms with E-state index in [1.54, 1.807) is 0 Å². The van der Waals surface area contributed by atoms with Gasteiger partial charge in [0.1, 0.15) is 5.82 Å². The maximum atomic E-state index is 12.9. The minimum absolute atomic E-state index is 0.157. The van der Waals surface area contributed by atoms with E-state index in [1.165, 1.54) is 41.6 Å². The van der Waals surface area contributed by atoms with Crippen LogP contribution >= 0.6 is 11.8 Å². The van der Waals surface area contributed by atoms with E-state index in [9.17, 15) is 9.18 Å². The Labute approximate surface area is 149 Å². The van der Waals surface area contributed by atoms with Crippen molar-refractivity contribution in [2.45, 2.75) is 18.5 Å². The van der Waals surface area contributed by atoms with Gasteiger partial charge in [-0.2, -0.15) is 0 Å². The molecule has 2 N–H and O–H groups in total. The number of nitrogens with zero attached hydrogens (tertiary/aromatic N) is 1. The van der Waals surface area contributed by atoms with Gasteiger partial charge in [-0.15, -0.1) is 0 Å². The predicted molar refractivity (Wildman–Crippen MR) is 98.3 cm³/mol. The molecule has 0 bridgehead atoms. The lowest BCUT2D eigenvalue weighted by atomic mass is 10.1. The summed E-state index contributed by atoms with van der Waals surface area (Å²) in [5.74, 6) is -0.255. The molecule has 3 aromatic rings. The van der Waals surface area contributed by atoms with Gasteiger partial charge in [-0.3, -0.25) is 4.79 Å². The first-order chi connectivity index (χ1) is 12.1. The Morgan fingerprint density at radius 2 is 1.88 bits per heavy atom. The zero-order valence-electron chi connectivity index (χ0n) is 13.8. The van der Waals surface area contributed by atoms with Crippen molar-refractivity contribution < 1.29 is 9.18 Å². The normalized spacial score (nSPS) is 10.6. The first kappa shape index (κ1) is 17.2. The van der Waals surface area contributed by atoms with Gasteiger partial charge in [-0.25, -0.2) is 9.37 Å². The van der Waals surface area contributed by atoms with Crippen molar-refractivity contribution in [1.29, 1.82) is 0 Å². The smallest absolute Gasteiger partial charge is 0.234 e. The van der Waals surface area contributed by atoms with Crippen LogP contribution in [0.15, 0.2) is 59.8 Å². The summed E-state index contributed by atoms with van der Waals surface area (Å²) in [6, 6.07) is 15.8. The molecule has 6 heteroatoms. The highest BCUT2D eigenvalue weighted by Gasteiger charge is 2.10. The summed E-state index contributed by atoms with van der Waals surface area (Å²) in [4.78, 5) is 19.8. The van der Waals surface area contributed by atoms with Crippen LogP contribution in [0.5, 0.6) is 0 Å². The fraction of sp³-hybridized carbons (Fsp3) is 0.158. The van der Waals surface area contributed by atoms with Gasteiger partial charge in [-0.05, 0) is 36.8 Å². The van der Waals surface area contributed by atoms with Crippen molar-refractivity contribution in [3.8, 4) is 0 Å². The molecule has 0 fully saturated rings. The Balaban J connectivity index is 1.55. The van der Waals surface area contributed by atoms with E-state index in [0.29, 0.717) is 5.69 Å². The average molecular weight is 355 g/mol. The molecule has 25 heavy (non-hydrogen) atoms. The van der Waals surface area contributed by atoms with Crippen LogP contribution in [0.3, 0.4) is 0 Å². The molecule has 0 unspecified atom stereocenters. The number of imidazole rings is 1. The molecule has 0 spiro atoms. The number of aromatic amines is 1. The Morgan fingerprint density at radius 1 is 1.16 bits per heavy atom. The first-order valence-electron chi connectivity index (χ1n) is 7.88. The number of aromatic nitrogens is 2. The fourth-order valence-electron chi connectivity index (χ4n) is 2.36. The number of aryl methyl sites for hydroxylation is 1. The van der Waals surface area contributed by atoms with Crippen LogP contribution in [0.2, 0.25) is 0 Å². The molecule has 2 aromatic carbocycles. The van der Waals surface area contributed by atoms with Gasteiger partial charge in [0.05, 0.1) is 11.4 Å². The second-order valence-electron chi connectivity index (χ2n) is 5.62. The number of rotatable bonds is 6. The van der Waals surface area contributed by atoms with Crippen LogP contribution in [0.25, 0.3) is 0 Å². The molecule has 0 aliphatic carbocycles. The van der Waals surface area contributed by atoms with Gasteiger partial charge in [-0.1, -0.05) is 42.1 Å². The Kier molecular flexibility index (Phi) is 5.50. The zero-order chi connectivity index (χ0) is 17.6. The highest BCUT2D eigenvalue weighted by molar-refractivity contribution is 7.99. The third-order valence-corrected chi connectivity index (χ3v) is 4.52. The minimum Gasteiger partial charge on any atom is -0.337 e. The molecule has 0 saturated heterocycles. The van der Waals surface area contributed by atoms with Crippen LogP contribution in [0, 0.1) is 12.7 Å². The van der Waals surface area contributed by atoms with E-state index in [-0.39, 0.29) is 17.5 Å². The van der Waals surface area contributed by atoms with E-state index in [4.69, 9.17) is 0 Å². The molecule has 1 amide bonds. The topological polar surface area (TPSA) is 57.8 Å². The van der Waals surface area contributed by atoms with E-state index in [0.717, 1.165) is 23.0 Å². The van der Waals surface area contributed by atoms with Crippen LogP contribution in [0.1, 0.15) is 17.0 Å². The number of amides is 1. The number of nitrogens with one attached hydrogen (secondary N) is 2. The van der Waals surface area contributed by atoms with Gasteiger partial charge < -0.3 is 10.3 Å². The SMILES string of the molecule is Cc1[nH]c(SCC(=O)Nc2ccc(F)cc2)nc1Cc1ccccc1. The van der Waals surface area contributed by atoms with Crippen molar-refractivity contribution in [1.82, 2.24) is 9.97 Å². The van der Waals surface area contributed by atoms with Crippen molar-refractivity contribution in [2.75, 3.05) is 11.1 Å². The molecule has 1 aromatic heterocycles. The third kappa shape index (κ3) is 4.93. The molecule has 0 saturated carbocycles. The molecule has 4 nitrogen and oxygen atoms in total. The van der Waals surface area contributed by atoms with E-state index >= 15 is 0 Å². The van der Waals surface area contributed by atoms with Crippen molar-refractivity contribution in [3.63, 3.8) is 0 Å². The predicted octanol–water partition coefficient (Wildman–Crippen LogP) is 4.18. The van der Waals surface area contributed by atoms with Gasteiger partial charge in [0.2, 0.25) is 5.91 Å². The number of benzene rings is 2. The molecule has 0 atom stereocenters. The van der Waals surface area contributed by atoms with Gasteiger partial charge in [0, 0.05) is 17.8 Å². The Hall–Kier alpha value is -2.60. The monoisotopic (exact) mass is 355 g/mol. The highest BCUT2D eigenvalue weighted by atomic mass is 32.2. The lowest BCUT2D eigenvalue weighted by Crippen LogP contribution is -2.14. The molecule has 3 rings (SSSR count). The van der Waals surface area contributed by atoms with Crippen LogP contribution < -0.4 is 5.32 Å². The van der Waals surface area contributed by atoms with E-state index in [1.807, 2.05) is 25.1 Å². The number of carbonyl (C=O) groups excluding carboxylic acids is 1. The number of hydrogen-bond donors (Lipinski definition) is 2. The third-order valence-electron chi connectivity index (χ3n) is 3.65. The standard InChI is InChI=1S/C19H18FN3OS/c1-13-17(11-14-5-3-2-4-6-14)23-19(21-13)25-12-18(24)22-16-9-7-15(20)8-10-16/h2-10H,11-12H2,1H3,(H,21,23)(H,22,24). The number of anilines is 1. The largest absolute Gasteiger partial charge is 0.337 e. The maximum Gasteiger partial charge on any atom is 0.234 e. The quantitative estimate of drug-likeness (QED) is 0.652. The second kappa shape index (κ2) is 7.98. The van der Waals surface area contributed by atoms with E-state index < -0.39 is 0 Å². The Morgan fingerprint density at radius 3 is 2.60 bits per heavy atom. The first-order valence-corrected chi connectivity index (χ1v) is 8.86. The lowest BCUT2D eigenvalue weighted by Gasteiger charge is -2.03. The zero-order valence-corrected chi connectivity index (χ0v) is 14.6. The van der Waals surface area contributed by atoms with Crippen LogP contribution in [-0.2, 0) is 11.2 Å². The summed E-state index contributed by atoms with van der Waals surface area (Å²) in [5.41, 5.74) is 3.76. The van der Waals surface area contributed by atoms with Gasteiger partial charge in [0.25, 0.3) is 0 Å². The molecular formula is C19H18FN3OS. The summed E-state index contributed by atoms with van der Waals surface area (Å²) in [5, 5.41) is 3.45. The van der Waals surface area contributed by atoms with Crippen LogP contribution in [0.4, 0.5) is 10.1 Å². The molecular weight excluding hydrogens is 337 g/mol. The fourth-order valence-corrected chi connectivity index (χ4v) is 3.10. The number of carbonyl (C=O) groups is 1. The molecule has 0 aliphatic heterocycles. The van der Waals surface area contributed by atoms with Gasteiger partial charge >= 0.3 is 0 Å². The number of hydrogen-bond acceptors (Lipinski definition) is 3. The summed E-state index contributed by atoms with van der Waals surface area (Å²) < 4.78 is 12.9. The van der Waals surface area contributed by atoms with Gasteiger partial charge in [0.15, 0.2) is 5.16 Å². The molecule has 0 aliphatic rings. The summed E-state index contributed by atoms with van der Waals surface area (Å²) in [6.07, 6.45) is 0.755. The lowest BCUT2D eigenvalue weighted by molar-refractivity contribution is -0.113. The highest BCUT2D eigenvalue weighted by Crippen LogP contribution is 2.19. The second-order valence-corrected chi connectivity index (χ2v) is 6.58. The summed E-state index contributed by atoms with van der Waals surface area (Å²) >= 11 is 1.34. The Bertz CT molecular complexity index is 847. The average Bonchev–Trinajstić information content (AvgIpc) is 2.96. The van der Waals surface area contributed by atoms with Crippen molar-refractivity contribution in [3.05, 3.63) is 77.4 Å². The maximum absolute atomic E-state index is 12.9. The molecule has 128 valence electrons. The van der Waals surface area contributed by atoms with Crippen molar-refractivity contribution >= 4 is 23.4 Å². The number of H-pyrrole nitrogens is 1. The summed E-state index contributed by atoms with van der Waals surface area (Å²) in [7, 11) is 0. The van der Waals surface area contributed by atoms with Crippen LogP contribution in [-0.4, -0.2) is 21.6 Å². The molecule has 0 radical (unpaired) electrons.